The minimum Gasteiger partial charge on any atom is -0.465 e. The number of hydrogen-bond acceptors (Lipinski definition) is 4. The molecule has 0 amide bonds. The van der Waals surface area contributed by atoms with Crippen molar-refractivity contribution < 1.29 is 9.53 Å². The molecule has 1 aromatic heterocycles. The van der Waals surface area contributed by atoms with Crippen LogP contribution in [0, 0.1) is 0 Å². The highest BCUT2D eigenvalue weighted by Crippen LogP contribution is 2.46. The molecule has 1 aliphatic rings. The summed E-state index contributed by atoms with van der Waals surface area (Å²) in [5, 5.41) is 1.99. The minimum absolute atomic E-state index is 0. The van der Waals surface area contributed by atoms with Crippen molar-refractivity contribution in [3.05, 3.63) is 105 Å². The lowest BCUT2D eigenvalue weighted by Crippen LogP contribution is -2.41. The molecule has 2 heterocycles. The van der Waals surface area contributed by atoms with Gasteiger partial charge in [0.2, 0.25) is 0 Å². The summed E-state index contributed by atoms with van der Waals surface area (Å²) in [6.45, 7) is 3.78. The third-order valence-electron chi connectivity index (χ3n) is 6.44. The molecule has 0 radical (unpaired) electrons. The van der Waals surface area contributed by atoms with Gasteiger partial charge in [0.25, 0.3) is 0 Å². The summed E-state index contributed by atoms with van der Waals surface area (Å²) in [7, 11) is 1.43. The van der Waals surface area contributed by atoms with E-state index in [1.807, 2.05) is 41.7 Å². The van der Waals surface area contributed by atoms with Crippen LogP contribution in [0.4, 0.5) is 0 Å². The zero-order valence-corrected chi connectivity index (χ0v) is 20.8. The summed E-state index contributed by atoms with van der Waals surface area (Å²) < 4.78 is 6.30. The topological polar surface area (TPSA) is 29.5 Å². The van der Waals surface area contributed by atoms with E-state index in [9.17, 15) is 4.79 Å². The second-order valence-electron chi connectivity index (χ2n) is 8.27. The Bertz CT molecular complexity index is 1290. The molecule has 0 spiro atoms. The minimum atomic E-state index is -0.293. The van der Waals surface area contributed by atoms with Crippen molar-refractivity contribution in [2.24, 2.45) is 0 Å². The van der Waals surface area contributed by atoms with Gasteiger partial charge in [0.1, 0.15) is 0 Å². The number of nitrogens with zero attached hydrogens (tertiary/aromatic N) is 1. The predicted molar refractivity (Wildman–Crippen MR) is 139 cm³/mol. The first-order valence-electron chi connectivity index (χ1n) is 10.7. The third-order valence-corrected chi connectivity index (χ3v) is 7.97. The van der Waals surface area contributed by atoms with E-state index in [2.05, 4.69) is 54.3 Å². The van der Waals surface area contributed by atoms with Crippen molar-refractivity contribution in [1.82, 2.24) is 4.90 Å². The van der Waals surface area contributed by atoms with Gasteiger partial charge in [0, 0.05) is 39.6 Å². The molecule has 0 aliphatic carbocycles. The summed E-state index contributed by atoms with van der Waals surface area (Å²) in [5.41, 5.74) is 4.27. The number of ether oxygens (including phenoxy) is 1. The summed E-state index contributed by atoms with van der Waals surface area (Å²) in [5.74, 6) is -0.0419. The van der Waals surface area contributed by atoms with E-state index in [0.717, 1.165) is 17.1 Å². The number of rotatable bonds is 4. The van der Waals surface area contributed by atoms with E-state index in [1.54, 1.807) is 0 Å². The number of carbonyl (C=O) groups is 1. The lowest BCUT2D eigenvalue weighted by molar-refractivity contribution is 0.0597. The Labute approximate surface area is 209 Å². The summed E-state index contributed by atoms with van der Waals surface area (Å²) in [6.07, 6.45) is 0. The van der Waals surface area contributed by atoms with Crippen molar-refractivity contribution >= 4 is 51.4 Å². The lowest BCUT2D eigenvalue weighted by Gasteiger charge is -2.40. The molecule has 4 aromatic rings. The Morgan fingerprint density at radius 1 is 1.09 bits per heavy atom. The van der Waals surface area contributed by atoms with E-state index >= 15 is 0 Å². The van der Waals surface area contributed by atoms with Crippen LogP contribution >= 0.6 is 35.3 Å². The Morgan fingerprint density at radius 2 is 1.82 bits per heavy atom. The van der Waals surface area contributed by atoms with E-state index in [1.165, 1.54) is 33.2 Å². The molecule has 6 heteroatoms. The van der Waals surface area contributed by atoms with Crippen LogP contribution in [0.5, 0.6) is 0 Å². The van der Waals surface area contributed by atoms with Gasteiger partial charge in [-0.3, -0.25) is 4.90 Å². The van der Waals surface area contributed by atoms with Crippen LogP contribution in [-0.2, 0) is 17.8 Å². The molecule has 5 rings (SSSR count). The second-order valence-corrected chi connectivity index (χ2v) is 9.79. The molecule has 0 fully saturated rings. The van der Waals surface area contributed by atoms with Gasteiger partial charge in [0.15, 0.2) is 0 Å². The molecule has 0 bridgehead atoms. The van der Waals surface area contributed by atoms with Crippen LogP contribution in [0.1, 0.15) is 44.8 Å². The molecular formula is C27H25Cl2NO2S. The molecular weight excluding hydrogens is 473 g/mol. The number of hydrogen-bond donors (Lipinski definition) is 0. The molecule has 170 valence electrons. The third kappa shape index (κ3) is 4.41. The quantitative estimate of drug-likeness (QED) is 0.277. The largest absolute Gasteiger partial charge is 0.465 e. The van der Waals surface area contributed by atoms with Crippen molar-refractivity contribution in [3.63, 3.8) is 0 Å². The fourth-order valence-electron chi connectivity index (χ4n) is 4.81. The maximum atomic E-state index is 12.4. The Kier molecular flexibility index (Phi) is 7.10. The predicted octanol–water partition coefficient (Wildman–Crippen LogP) is 7.30. The number of methoxy groups -OCH3 is 1. The van der Waals surface area contributed by atoms with Crippen molar-refractivity contribution in [2.45, 2.75) is 32.0 Å². The van der Waals surface area contributed by atoms with Crippen LogP contribution in [0.25, 0.3) is 10.1 Å². The number of esters is 1. The van der Waals surface area contributed by atoms with Gasteiger partial charge in [-0.2, -0.15) is 0 Å². The standard InChI is InChI=1S/C27H24ClNO2S.ClH/c1-17-25(18-8-4-3-5-9-18)26-23(22-14-20(28)12-13-24(22)32-26)16-29(17)15-19-10-6-7-11-21(19)27(30)31-2;/h3-14,17,25H,15-16H2,1-2H3;1H. The van der Waals surface area contributed by atoms with Gasteiger partial charge in [-0.1, -0.05) is 60.1 Å². The first-order chi connectivity index (χ1) is 15.6. The van der Waals surface area contributed by atoms with Crippen LogP contribution in [0.15, 0.2) is 72.8 Å². The smallest absolute Gasteiger partial charge is 0.338 e. The highest BCUT2D eigenvalue weighted by atomic mass is 35.5. The Morgan fingerprint density at radius 3 is 2.58 bits per heavy atom. The number of halogens is 2. The molecule has 0 N–H and O–H groups in total. The summed E-state index contributed by atoms with van der Waals surface area (Å²) >= 11 is 8.25. The maximum Gasteiger partial charge on any atom is 0.338 e. The van der Waals surface area contributed by atoms with Crippen molar-refractivity contribution in [2.75, 3.05) is 7.11 Å². The molecule has 3 nitrogen and oxygen atoms in total. The molecule has 3 aromatic carbocycles. The molecule has 0 saturated carbocycles. The van der Waals surface area contributed by atoms with E-state index < -0.39 is 0 Å². The van der Waals surface area contributed by atoms with Crippen LogP contribution < -0.4 is 0 Å². The van der Waals surface area contributed by atoms with E-state index in [-0.39, 0.29) is 30.3 Å². The first kappa shape index (κ1) is 23.8. The SMILES string of the molecule is COC(=O)c1ccccc1CN1Cc2c(sc3ccc(Cl)cc23)C(c2ccccc2)C1C.Cl. The lowest BCUT2D eigenvalue weighted by atomic mass is 9.84. The number of carbonyl (C=O) groups excluding carboxylic acids is 1. The molecule has 2 unspecified atom stereocenters. The maximum absolute atomic E-state index is 12.4. The second kappa shape index (κ2) is 9.86. The number of benzene rings is 3. The van der Waals surface area contributed by atoms with Gasteiger partial charge < -0.3 is 4.74 Å². The molecule has 0 saturated heterocycles. The fraction of sp³-hybridized carbons (Fsp3) is 0.222. The number of fused-ring (bicyclic) bond motifs is 3. The van der Waals surface area contributed by atoms with Crippen LogP contribution in [0.3, 0.4) is 0 Å². The van der Waals surface area contributed by atoms with Gasteiger partial charge >= 0.3 is 5.97 Å². The zero-order chi connectivity index (χ0) is 22.2. The van der Waals surface area contributed by atoms with E-state index in [0.29, 0.717) is 12.1 Å². The molecule has 2 atom stereocenters. The van der Waals surface area contributed by atoms with Crippen molar-refractivity contribution in [3.8, 4) is 0 Å². The normalized spacial score (nSPS) is 17.9. The Balaban J connectivity index is 0.00000259. The van der Waals surface area contributed by atoms with Crippen molar-refractivity contribution in [1.29, 1.82) is 0 Å². The van der Waals surface area contributed by atoms with Gasteiger partial charge in [-0.05, 0) is 53.3 Å². The monoisotopic (exact) mass is 497 g/mol. The number of thiophene rings is 1. The van der Waals surface area contributed by atoms with Gasteiger partial charge in [0.05, 0.1) is 12.7 Å². The van der Waals surface area contributed by atoms with Crippen LogP contribution in [0.2, 0.25) is 5.02 Å². The highest BCUT2D eigenvalue weighted by molar-refractivity contribution is 7.19. The zero-order valence-electron chi connectivity index (χ0n) is 18.5. The van der Waals surface area contributed by atoms with Crippen LogP contribution in [-0.4, -0.2) is 24.0 Å². The average Bonchev–Trinajstić information content (AvgIpc) is 3.17. The highest BCUT2D eigenvalue weighted by Gasteiger charge is 2.36. The van der Waals surface area contributed by atoms with Gasteiger partial charge in [-0.25, -0.2) is 4.79 Å². The molecule has 33 heavy (non-hydrogen) atoms. The average molecular weight is 498 g/mol. The summed E-state index contributed by atoms with van der Waals surface area (Å²) in [6, 6.07) is 24.9. The fourth-order valence-corrected chi connectivity index (χ4v) is 6.40. The Hall–Kier alpha value is -2.37. The summed E-state index contributed by atoms with van der Waals surface area (Å²) in [4.78, 5) is 16.2. The molecule has 1 aliphatic heterocycles. The van der Waals surface area contributed by atoms with Gasteiger partial charge in [-0.15, -0.1) is 23.7 Å². The first-order valence-corrected chi connectivity index (χ1v) is 11.9. The van der Waals surface area contributed by atoms with E-state index in [4.69, 9.17) is 16.3 Å².